The highest BCUT2D eigenvalue weighted by Gasteiger charge is 2.17. The van der Waals surface area contributed by atoms with E-state index < -0.39 is 6.10 Å². The zero-order valence-corrected chi connectivity index (χ0v) is 43.7. The predicted molar refractivity (Wildman–Crippen MR) is 288 cm³/mol. The molecule has 1 unspecified atom stereocenters. The molecule has 0 N–H and O–H groups in total. The molecular formula is C61H106O5. The van der Waals surface area contributed by atoms with Crippen LogP contribution < -0.4 is 0 Å². The second kappa shape index (κ2) is 56.4. The molecule has 0 aromatic heterocycles. The van der Waals surface area contributed by atoms with Gasteiger partial charge < -0.3 is 14.2 Å². The van der Waals surface area contributed by atoms with E-state index in [1.54, 1.807) is 0 Å². The molecule has 0 aromatic rings. The van der Waals surface area contributed by atoms with Crippen LogP contribution in [0.5, 0.6) is 0 Å². The highest BCUT2D eigenvalue weighted by Crippen LogP contribution is 2.14. The molecule has 0 spiro atoms. The number of allylic oxidation sites excluding steroid dienone is 14. The van der Waals surface area contributed by atoms with Gasteiger partial charge in [0.1, 0.15) is 6.61 Å². The summed E-state index contributed by atoms with van der Waals surface area (Å²) in [5.41, 5.74) is 0. The third-order valence-electron chi connectivity index (χ3n) is 11.9. The second-order valence-corrected chi connectivity index (χ2v) is 18.4. The van der Waals surface area contributed by atoms with E-state index in [9.17, 15) is 9.59 Å². The van der Waals surface area contributed by atoms with Crippen LogP contribution in [0.1, 0.15) is 265 Å². The van der Waals surface area contributed by atoms with Crippen molar-refractivity contribution in [1.29, 1.82) is 0 Å². The maximum atomic E-state index is 12.8. The topological polar surface area (TPSA) is 61.8 Å². The lowest BCUT2D eigenvalue weighted by Crippen LogP contribution is -2.30. The Labute approximate surface area is 409 Å². The minimum absolute atomic E-state index is 0.0511. The first-order valence-corrected chi connectivity index (χ1v) is 28.1. The Morgan fingerprint density at radius 2 is 0.712 bits per heavy atom. The fourth-order valence-corrected chi connectivity index (χ4v) is 7.73. The zero-order valence-electron chi connectivity index (χ0n) is 43.7. The molecule has 0 radical (unpaired) electrons. The van der Waals surface area contributed by atoms with Crippen molar-refractivity contribution in [3.63, 3.8) is 0 Å². The monoisotopic (exact) mass is 919 g/mol. The number of rotatable bonds is 51. The Morgan fingerprint density at radius 1 is 0.348 bits per heavy atom. The molecular weight excluding hydrogens is 813 g/mol. The predicted octanol–water partition coefficient (Wildman–Crippen LogP) is 19.2. The smallest absolute Gasteiger partial charge is 0.306 e. The van der Waals surface area contributed by atoms with E-state index >= 15 is 0 Å². The molecule has 0 aliphatic carbocycles. The van der Waals surface area contributed by atoms with E-state index in [4.69, 9.17) is 14.2 Å². The van der Waals surface area contributed by atoms with E-state index in [1.165, 1.54) is 161 Å². The van der Waals surface area contributed by atoms with Gasteiger partial charge in [0.05, 0.1) is 6.61 Å². The van der Waals surface area contributed by atoms with Crippen molar-refractivity contribution in [3.05, 3.63) is 85.1 Å². The molecule has 0 heterocycles. The molecule has 1 atom stereocenters. The third kappa shape index (κ3) is 53.7. The van der Waals surface area contributed by atoms with Crippen molar-refractivity contribution < 1.29 is 23.8 Å². The van der Waals surface area contributed by atoms with E-state index in [1.807, 2.05) is 6.08 Å². The minimum Gasteiger partial charge on any atom is -0.462 e. The van der Waals surface area contributed by atoms with Gasteiger partial charge in [-0.3, -0.25) is 9.59 Å². The van der Waals surface area contributed by atoms with Crippen LogP contribution in [-0.4, -0.2) is 37.9 Å². The van der Waals surface area contributed by atoms with Crippen LogP contribution in [0.25, 0.3) is 0 Å². The van der Waals surface area contributed by atoms with Crippen LogP contribution in [0.4, 0.5) is 0 Å². The van der Waals surface area contributed by atoms with Gasteiger partial charge in [0, 0.05) is 19.4 Å². The van der Waals surface area contributed by atoms with Crippen molar-refractivity contribution >= 4 is 11.9 Å². The Hall–Kier alpha value is -2.92. The van der Waals surface area contributed by atoms with E-state index in [0.717, 1.165) is 64.2 Å². The van der Waals surface area contributed by atoms with Gasteiger partial charge in [-0.1, -0.05) is 234 Å². The molecule has 0 rings (SSSR count). The van der Waals surface area contributed by atoms with Crippen LogP contribution in [0.15, 0.2) is 85.1 Å². The first kappa shape index (κ1) is 63.1. The molecule has 0 aliphatic rings. The number of hydrogen-bond acceptors (Lipinski definition) is 5. The van der Waals surface area contributed by atoms with Crippen molar-refractivity contribution in [2.45, 2.75) is 271 Å². The van der Waals surface area contributed by atoms with Crippen molar-refractivity contribution in [2.24, 2.45) is 0 Å². The summed E-state index contributed by atoms with van der Waals surface area (Å²) >= 11 is 0. The van der Waals surface area contributed by atoms with Crippen LogP contribution in [0.3, 0.4) is 0 Å². The number of esters is 2. The molecule has 0 saturated heterocycles. The number of carbonyl (C=O) groups excluding carboxylic acids is 2. The normalized spacial score (nSPS) is 12.8. The maximum Gasteiger partial charge on any atom is 0.306 e. The largest absolute Gasteiger partial charge is 0.462 e. The number of ether oxygens (including phenoxy) is 3. The van der Waals surface area contributed by atoms with E-state index in [0.29, 0.717) is 25.9 Å². The van der Waals surface area contributed by atoms with Crippen molar-refractivity contribution in [1.82, 2.24) is 0 Å². The summed E-state index contributed by atoms with van der Waals surface area (Å²) in [5, 5.41) is 0. The zero-order chi connectivity index (χ0) is 47.7. The first-order chi connectivity index (χ1) is 32.6. The van der Waals surface area contributed by atoms with Gasteiger partial charge in [-0.15, -0.1) is 0 Å². The first-order valence-electron chi connectivity index (χ1n) is 28.1. The lowest BCUT2D eigenvalue weighted by molar-refractivity contribution is -0.162. The minimum atomic E-state index is -0.581. The fourth-order valence-electron chi connectivity index (χ4n) is 7.73. The fraction of sp³-hybridized carbons (Fsp3) is 0.738. The molecule has 0 saturated carbocycles. The maximum absolute atomic E-state index is 12.8. The Balaban J connectivity index is 4.31. The number of carbonyl (C=O) groups is 2. The summed E-state index contributed by atoms with van der Waals surface area (Å²) in [6, 6.07) is 0. The van der Waals surface area contributed by atoms with Crippen LogP contribution in [0.2, 0.25) is 0 Å². The summed E-state index contributed by atoms with van der Waals surface area (Å²) in [6.07, 6.45) is 74.7. The summed E-state index contributed by atoms with van der Waals surface area (Å²) < 4.78 is 17.4. The number of unbranched alkanes of at least 4 members (excludes halogenated alkanes) is 26. The highest BCUT2D eigenvalue weighted by molar-refractivity contribution is 5.70. The van der Waals surface area contributed by atoms with Gasteiger partial charge in [-0.25, -0.2) is 0 Å². The standard InChI is InChI=1S/C61H106O5/c1-4-7-10-13-16-19-22-25-27-29-30-31-33-35-38-41-44-47-50-53-56-64-57-59(66-61(63)55-52-49-46-43-40-36-24-21-18-15-12-9-6-3)58-65-60(62)54-51-48-45-42-39-37-34-32-28-26-23-20-17-14-11-8-5-2/h9,12,16,18-19,21,25-28,36,40,46,49,59H,4-8,10-11,13-15,17,20,22-24,29-35,37-39,41-45,47-48,50-58H2,1-3H3/b12-9-,19-16-,21-18-,27-25-,28-26-,40-36-,49-46-. The Bertz CT molecular complexity index is 1220. The van der Waals surface area contributed by atoms with Crippen LogP contribution >= 0.6 is 0 Å². The van der Waals surface area contributed by atoms with Gasteiger partial charge in [0.25, 0.3) is 0 Å². The SMILES string of the molecule is CC/C=C\C/C=C\C/C=C\C/C=C\CCC(=O)OC(COCCCCCCCCCCCC/C=C\C/C=C\CCCCC)COC(=O)CCCCCCCCC/C=C\CCCCCCCC. The quantitative estimate of drug-likeness (QED) is 0.0346. The van der Waals surface area contributed by atoms with Crippen LogP contribution in [0, 0.1) is 0 Å². The lowest BCUT2D eigenvalue weighted by Gasteiger charge is -2.18. The van der Waals surface area contributed by atoms with Crippen molar-refractivity contribution in [3.8, 4) is 0 Å². The van der Waals surface area contributed by atoms with Crippen molar-refractivity contribution in [2.75, 3.05) is 19.8 Å². The van der Waals surface area contributed by atoms with Gasteiger partial charge in [-0.2, -0.15) is 0 Å². The molecule has 0 bridgehead atoms. The number of hydrogen-bond donors (Lipinski definition) is 0. The molecule has 0 aromatic carbocycles. The molecule has 0 amide bonds. The summed E-state index contributed by atoms with van der Waals surface area (Å²) in [5.74, 6) is -0.493. The second-order valence-electron chi connectivity index (χ2n) is 18.4. The Morgan fingerprint density at radius 3 is 1.20 bits per heavy atom. The van der Waals surface area contributed by atoms with Gasteiger partial charge in [0.2, 0.25) is 0 Å². The molecule has 5 nitrogen and oxygen atoms in total. The summed E-state index contributed by atoms with van der Waals surface area (Å²) in [4.78, 5) is 25.4. The molecule has 0 fully saturated rings. The summed E-state index contributed by atoms with van der Waals surface area (Å²) in [7, 11) is 0. The average molecular weight is 920 g/mol. The Kier molecular flexibility index (Phi) is 53.9. The lowest BCUT2D eigenvalue weighted by atomic mass is 10.1. The third-order valence-corrected chi connectivity index (χ3v) is 11.9. The van der Waals surface area contributed by atoms with Gasteiger partial charge in [0.15, 0.2) is 6.10 Å². The average Bonchev–Trinajstić information content (AvgIpc) is 3.32. The molecule has 0 aliphatic heterocycles. The molecule has 5 heteroatoms. The van der Waals surface area contributed by atoms with E-state index in [-0.39, 0.29) is 25.2 Å². The van der Waals surface area contributed by atoms with Gasteiger partial charge >= 0.3 is 11.9 Å². The highest BCUT2D eigenvalue weighted by atomic mass is 16.6. The molecule has 380 valence electrons. The van der Waals surface area contributed by atoms with E-state index in [2.05, 4.69) is 99.8 Å². The van der Waals surface area contributed by atoms with Gasteiger partial charge in [-0.05, 0) is 103 Å². The van der Waals surface area contributed by atoms with Crippen LogP contribution in [-0.2, 0) is 23.8 Å². The molecule has 66 heavy (non-hydrogen) atoms. The summed E-state index contributed by atoms with van der Waals surface area (Å²) in [6.45, 7) is 7.61.